The molecule has 0 aromatic rings. The lowest BCUT2D eigenvalue weighted by Crippen LogP contribution is -2.41. The van der Waals surface area contributed by atoms with E-state index in [4.69, 9.17) is 5.73 Å². The van der Waals surface area contributed by atoms with Crippen molar-refractivity contribution in [2.45, 2.75) is 31.8 Å². The summed E-state index contributed by atoms with van der Waals surface area (Å²) in [6.07, 6.45) is 5.72. The van der Waals surface area contributed by atoms with E-state index in [0.29, 0.717) is 6.17 Å². The van der Waals surface area contributed by atoms with Crippen LogP contribution in [-0.2, 0) is 0 Å². The van der Waals surface area contributed by atoms with Crippen molar-refractivity contribution in [3.05, 3.63) is 0 Å². The molecule has 1 saturated carbocycles. The Hall–Kier alpha value is -0.0800. The summed E-state index contributed by atoms with van der Waals surface area (Å²) in [7, 11) is 4.12. The van der Waals surface area contributed by atoms with Gasteiger partial charge in [0.15, 0.2) is 0 Å². The second kappa shape index (κ2) is 3.35. The molecule has 10 heavy (non-hydrogen) atoms. The van der Waals surface area contributed by atoms with Crippen molar-refractivity contribution in [1.82, 2.24) is 4.90 Å². The van der Waals surface area contributed by atoms with Crippen LogP contribution in [0.25, 0.3) is 0 Å². The van der Waals surface area contributed by atoms with Gasteiger partial charge in [-0.05, 0) is 32.9 Å². The Kier molecular flexibility index (Phi) is 2.69. The molecule has 2 nitrogen and oxygen atoms in total. The highest BCUT2D eigenvalue weighted by atomic mass is 15.2. The maximum absolute atomic E-state index is 5.95. The van der Waals surface area contributed by atoms with Crippen LogP contribution < -0.4 is 5.73 Å². The molecule has 0 saturated heterocycles. The Balaban J connectivity index is 2.32. The van der Waals surface area contributed by atoms with Crippen molar-refractivity contribution >= 4 is 0 Å². The molecule has 60 valence electrons. The molecule has 0 amide bonds. The average molecular weight is 142 g/mol. The van der Waals surface area contributed by atoms with Crippen LogP contribution in [0.5, 0.6) is 0 Å². The predicted octanol–water partition coefficient (Wildman–Crippen LogP) is 1.02. The summed E-state index contributed by atoms with van der Waals surface area (Å²) in [5.41, 5.74) is 5.95. The van der Waals surface area contributed by atoms with Crippen molar-refractivity contribution in [2.75, 3.05) is 14.1 Å². The van der Waals surface area contributed by atoms with Gasteiger partial charge in [-0.1, -0.05) is 12.8 Å². The highest BCUT2D eigenvalue weighted by molar-refractivity contribution is 4.75. The minimum atomic E-state index is 0.294. The van der Waals surface area contributed by atoms with Crippen molar-refractivity contribution < 1.29 is 0 Å². The molecule has 1 atom stereocenters. The van der Waals surface area contributed by atoms with E-state index in [9.17, 15) is 0 Å². The van der Waals surface area contributed by atoms with Gasteiger partial charge in [-0.3, -0.25) is 4.90 Å². The van der Waals surface area contributed by atoms with Crippen molar-refractivity contribution in [3.8, 4) is 0 Å². The van der Waals surface area contributed by atoms with Crippen LogP contribution >= 0.6 is 0 Å². The van der Waals surface area contributed by atoms with Crippen molar-refractivity contribution in [1.29, 1.82) is 0 Å². The lowest BCUT2D eigenvalue weighted by atomic mass is 10.1. The summed E-state index contributed by atoms with van der Waals surface area (Å²) < 4.78 is 0. The fraction of sp³-hybridized carbons (Fsp3) is 1.00. The Morgan fingerprint density at radius 2 is 1.80 bits per heavy atom. The topological polar surface area (TPSA) is 29.3 Å². The maximum atomic E-state index is 5.95. The van der Waals surface area contributed by atoms with Crippen LogP contribution in [0.3, 0.4) is 0 Å². The third kappa shape index (κ3) is 1.70. The lowest BCUT2D eigenvalue weighted by molar-refractivity contribution is 0.217. The van der Waals surface area contributed by atoms with E-state index in [0.717, 1.165) is 5.92 Å². The van der Waals surface area contributed by atoms with E-state index in [1.807, 2.05) is 0 Å². The molecule has 0 aliphatic heterocycles. The minimum absolute atomic E-state index is 0.294. The average Bonchev–Trinajstić information content (AvgIpc) is 2.36. The fourth-order valence-corrected chi connectivity index (χ4v) is 1.72. The smallest absolute Gasteiger partial charge is 0.0595 e. The Bertz CT molecular complexity index is 95.4. The van der Waals surface area contributed by atoms with Crippen LogP contribution in [0.15, 0.2) is 0 Å². The number of rotatable bonds is 2. The number of nitrogens with two attached hydrogens (primary N) is 1. The molecule has 1 aliphatic rings. The summed E-state index contributed by atoms with van der Waals surface area (Å²) in [5.74, 6) is 0.759. The summed E-state index contributed by atoms with van der Waals surface area (Å²) in [4.78, 5) is 2.12. The highest BCUT2D eigenvalue weighted by Crippen LogP contribution is 2.27. The van der Waals surface area contributed by atoms with Crippen LogP contribution in [0, 0.1) is 5.92 Å². The van der Waals surface area contributed by atoms with E-state index < -0.39 is 0 Å². The monoisotopic (exact) mass is 142 g/mol. The van der Waals surface area contributed by atoms with Crippen LogP contribution in [0.4, 0.5) is 0 Å². The highest BCUT2D eigenvalue weighted by Gasteiger charge is 2.22. The van der Waals surface area contributed by atoms with Gasteiger partial charge in [0, 0.05) is 0 Å². The van der Waals surface area contributed by atoms with Crippen molar-refractivity contribution in [2.24, 2.45) is 11.7 Å². The van der Waals surface area contributed by atoms with Gasteiger partial charge in [0.2, 0.25) is 0 Å². The molecule has 1 fully saturated rings. The van der Waals surface area contributed by atoms with E-state index in [2.05, 4.69) is 19.0 Å². The molecular weight excluding hydrogens is 124 g/mol. The van der Waals surface area contributed by atoms with Gasteiger partial charge in [0.1, 0.15) is 0 Å². The maximum Gasteiger partial charge on any atom is 0.0595 e. The number of hydrogen-bond acceptors (Lipinski definition) is 2. The van der Waals surface area contributed by atoms with Gasteiger partial charge < -0.3 is 5.73 Å². The first-order chi connectivity index (χ1) is 4.72. The van der Waals surface area contributed by atoms with Crippen LogP contribution in [0.1, 0.15) is 25.7 Å². The second-order valence-electron chi connectivity index (χ2n) is 3.50. The SMILES string of the molecule is CN(C)C(N)C1CCCC1. The zero-order valence-corrected chi connectivity index (χ0v) is 7.01. The molecule has 1 aliphatic carbocycles. The van der Waals surface area contributed by atoms with Crippen molar-refractivity contribution in [3.63, 3.8) is 0 Å². The first-order valence-electron chi connectivity index (χ1n) is 4.14. The molecule has 0 aromatic carbocycles. The summed E-state index contributed by atoms with van der Waals surface area (Å²) >= 11 is 0. The molecule has 2 heteroatoms. The van der Waals surface area contributed by atoms with Crippen LogP contribution in [0.2, 0.25) is 0 Å². The molecule has 2 N–H and O–H groups in total. The Morgan fingerprint density at radius 1 is 1.30 bits per heavy atom. The molecule has 0 radical (unpaired) electrons. The number of nitrogens with zero attached hydrogens (tertiary/aromatic N) is 1. The van der Waals surface area contributed by atoms with Gasteiger partial charge >= 0.3 is 0 Å². The first kappa shape index (κ1) is 8.02. The molecular formula is C8H18N2. The second-order valence-corrected chi connectivity index (χ2v) is 3.50. The normalized spacial score (nSPS) is 24.0. The molecule has 0 heterocycles. The van der Waals surface area contributed by atoms with Gasteiger partial charge in [0.05, 0.1) is 6.17 Å². The zero-order chi connectivity index (χ0) is 7.56. The Labute approximate surface area is 63.4 Å². The fourth-order valence-electron chi connectivity index (χ4n) is 1.72. The lowest BCUT2D eigenvalue weighted by Gasteiger charge is -2.25. The van der Waals surface area contributed by atoms with E-state index >= 15 is 0 Å². The van der Waals surface area contributed by atoms with Gasteiger partial charge in [-0.15, -0.1) is 0 Å². The first-order valence-corrected chi connectivity index (χ1v) is 4.14. The molecule has 0 aromatic heterocycles. The zero-order valence-electron chi connectivity index (χ0n) is 7.01. The summed E-state index contributed by atoms with van der Waals surface area (Å²) in [6.45, 7) is 0. The molecule has 0 spiro atoms. The predicted molar refractivity (Wildman–Crippen MR) is 43.6 cm³/mol. The summed E-state index contributed by atoms with van der Waals surface area (Å²) in [5, 5.41) is 0. The standard InChI is InChI=1S/C8H18N2/c1-10(2)8(9)7-5-3-4-6-7/h7-8H,3-6,9H2,1-2H3. The molecule has 0 bridgehead atoms. The third-order valence-corrected chi connectivity index (χ3v) is 2.48. The summed E-state index contributed by atoms with van der Waals surface area (Å²) in [6, 6.07) is 0. The number of hydrogen-bond donors (Lipinski definition) is 1. The quantitative estimate of drug-likeness (QED) is 0.583. The van der Waals surface area contributed by atoms with E-state index in [-0.39, 0.29) is 0 Å². The molecule has 1 unspecified atom stereocenters. The minimum Gasteiger partial charge on any atom is -0.316 e. The van der Waals surface area contributed by atoms with Gasteiger partial charge in [-0.25, -0.2) is 0 Å². The van der Waals surface area contributed by atoms with Gasteiger partial charge in [-0.2, -0.15) is 0 Å². The van der Waals surface area contributed by atoms with Crippen LogP contribution in [-0.4, -0.2) is 25.2 Å². The Morgan fingerprint density at radius 3 is 2.20 bits per heavy atom. The van der Waals surface area contributed by atoms with E-state index in [1.54, 1.807) is 0 Å². The largest absolute Gasteiger partial charge is 0.316 e. The van der Waals surface area contributed by atoms with E-state index in [1.165, 1.54) is 25.7 Å². The third-order valence-electron chi connectivity index (χ3n) is 2.48. The molecule has 1 rings (SSSR count). The van der Waals surface area contributed by atoms with Gasteiger partial charge in [0.25, 0.3) is 0 Å².